The molecule has 0 saturated carbocycles. The number of aliphatic hydroxyl groups is 1. The van der Waals surface area contributed by atoms with Crippen molar-refractivity contribution in [3.05, 3.63) is 59.1 Å². The van der Waals surface area contributed by atoms with Crippen LogP contribution in [0.15, 0.2) is 48.5 Å². The van der Waals surface area contributed by atoms with E-state index in [0.29, 0.717) is 22.9 Å². The van der Waals surface area contributed by atoms with Crippen molar-refractivity contribution < 1.29 is 9.84 Å². The first-order chi connectivity index (χ1) is 9.29. The number of hydrogen-bond acceptors (Lipinski definition) is 2. The van der Waals surface area contributed by atoms with Gasteiger partial charge in [0, 0.05) is 12.0 Å². The molecule has 0 saturated heterocycles. The van der Waals surface area contributed by atoms with Gasteiger partial charge in [-0.3, -0.25) is 0 Å². The van der Waals surface area contributed by atoms with E-state index in [0.717, 1.165) is 5.56 Å². The summed E-state index contributed by atoms with van der Waals surface area (Å²) in [7, 11) is 0. The Morgan fingerprint density at radius 3 is 2.47 bits per heavy atom. The van der Waals surface area contributed by atoms with Crippen LogP contribution in [-0.2, 0) is 0 Å². The molecule has 0 aliphatic rings. The lowest BCUT2D eigenvalue weighted by Crippen LogP contribution is -1.85. The van der Waals surface area contributed by atoms with Gasteiger partial charge in [0.2, 0.25) is 0 Å². The molecule has 3 heteroatoms. The quantitative estimate of drug-likeness (QED) is 0.860. The average molecular weight is 273 g/mol. The summed E-state index contributed by atoms with van der Waals surface area (Å²) in [5.41, 5.74) is 0.889. The third kappa shape index (κ3) is 4.03. The zero-order valence-electron chi connectivity index (χ0n) is 10.3. The SMILES string of the molecule is OCCC#Cc1ccc(Oc2ccccc2Cl)cc1. The van der Waals surface area contributed by atoms with E-state index in [2.05, 4.69) is 11.8 Å². The van der Waals surface area contributed by atoms with Crippen molar-refractivity contribution in [3.63, 3.8) is 0 Å². The first-order valence-electron chi connectivity index (χ1n) is 5.92. The standard InChI is InChI=1S/C16H13ClO2/c17-15-6-1-2-7-16(15)19-14-10-8-13(9-11-14)5-3-4-12-18/h1-2,6-11,18H,4,12H2. The zero-order chi connectivity index (χ0) is 13.5. The molecule has 0 aromatic heterocycles. The van der Waals surface area contributed by atoms with Crippen molar-refractivity contribution in [2.24, 2.45) is 0 Å². The number of rotatable bonds is 3. The molecule has 0 radical (unpaired) electrons. The van der Waals surface area contributed by atoms with Crippen LogP contribution in [0.25, 0.3) is 0 Å². The highest BCUT2D eigenvalue weighted by molar-refractivity contribution is 6.32. The normalized spacial score (nSPS) is 9.58. The number of para-hydroxylation sites is 1. The van der Waals surface area contributed by atoms with E-state index in [1.807, 2.05) is 42.5 Å². The molecule has 2 rings (SSSR count). The minimum atomic E-state index is 0.0840. The van der Waals surface area contributed by atoms with Crippen LogP contribution in [0.5, 0.6) is 11.5 Å². The molecule has 2 aromatic carbocycles. The molecule has 2 aromatic rings. The Bertz CT molecular complexity index is 594. The van der Waals surface area contributed by atoms with Gasteiger partial charge >= 0.3 is 0 Å². The molecule has 2 nitrogen and oxygen atoms in total. The predicted octanol–water partition coefficient (Wildman–Crippen LogP) is 3.87. The van der Waals surface area contributed by atoms with Gasteiger partial charge in [0.1, 0.15) is 11.5 Å². The molecule has 19 heavy (non-hydrogen) atoms. The molecule has 0 unspecified atom stereocenters. The van der Waals surface area contributed by atoms with Crippen LogP contribution >= 0.6 is 11.6 Å². The van der Waals surface area contributed by atoms with E-state index in [1.54, 1.807) is 6.07 Å². The van der Waals surface area contributed by atoms with Gasteiger partial charge in [-0.05, 0) is 36.4 Å². The van der Waals surface area contributed by atoms with Crippen molar-refractivity contribution in [1.29, 1.82) is 0 Å². The summed E-state index contributed by atoms with van der Waals surface area (Å²) in [5.74, 6) is 7.16. The molecular weight excluding hydrogens is 260 g/mol. The average Bonchev–Trinajstić information content (AvgIpc) is 2.44. The Morgan fingerprint density at radius 2 is 1.79 bits per heavy atom. The number of aliphatic hydroxyl groups excluding tert-OH is 1. The second-order valence-electron chi connectivity index (χ2n) is 3.83. The van der Waals surface area contributed by atoms with Gasteiger partial charge in [-0.2, -0.15) is 0 Å². The molecule has 0 spiro atoms. The van der Waals surface area contributed by atoms with Crippen LogP contribution in [-0.4, -0.2) is 11.7 Å². The van der Waals surface area contributed by atoms with Gasteiger partial charge in [-0.15, -0.1) is 0 Å². The topological polar surface area (TPSA) is 29.5 Å². The number of benzene rings is 2. The largest absolute Gasteiger partial charge is 0.456 e. The van der Waals surface area contributed by atoms with E-state index >= 15 is 0 Å². The Hall–Kier alpha value is -1.95. The van der Waals surface area contributed by atoms with Crippen LogP contribution in [0.2, 0.25) is 5.02 Å². The molecular formula is C16H13ClO2. The zero-order valence-corrected chi connectivity index (χ0v) is 11.0. The molecule has 0 bridgehead atoms. The highest BCUT2D eigenvalue weighted by Gasteiger charge is 2.01. The maximum absolute atomic E-state index is 8.64. The van der Waals surface area contributed by atoms with Crippen molar-refractivity contribution in [1.82, 2.24) is 0 Å². The smallest absolute Gasteiger partial charge is 0.146 e. The summed E-state index contributed by atoms with van der Waals surface area (Å²) >= 11 is 6.02. The van der Waals surface area contributed by atoms with Crippen molar-refractivity contribution in [2.45, 2.75) is 6.42 Å². The van der Waals surface area contributed by atoms with E-state index in [4.69, 9.17) is 21.4 Å². The summed E-state index contributed by atoms with van der Waals surface area (Å²) in [6.07, 6.45) is 0.484. The number of ether oxygens (including phenoxy) is 1. The molecule has 96 valence electrons. The number of halogens is 1. The van der Waals surface area contributed by atoms with Gasteiger partial charge in [-0.1, -0.05) is 35.6 Å². The molecule has 1 N–H and O–H groups in total. The Kier molecular flexibility index (Phi) is 4.85. The monoisotopic (exact) mass is 272 g/mol. The number of hydrogen-bond donors (Lipinski definition) is 1. The second-order valence-corrected chi connectivity index (χ2v) is 4.24. The fraction of sp³-hybridized carbons (Fsp3) is 0.125. The second kappa shape index (κ2) is 6.84. The van der Waals surface area contributed by atoms with E-state index in [-0.39, 0.29) is 6.61 Å². The van der Waals surface area contributed by atoms with E-state index in [9.17, 15) is 0 Å². The van der Waals surface area contributed by atoms with E-state index < -0.39 is 0 Å². The lowest BCUT2D eigenvalue weighted by atomic mass is 10.2. The molecule has 0 fully saturated rings. The summed E-state index contributed by atoms with van der Waals surface area (Å²) in [5, 5.41) is 9.22. The highest BCUT2D eigenvalue weighted by Crippen LogP contribution is 2.28. The fourth-order valence-corrected chi connectivity index (χ4v) is 1.66. The first kappa shape index (κ1) is 13.5. The highest BCUT2D eigenvalue weighted by atomic mass is 35.5. The minimum Gasteiger partial charge on any atom is -0.456 e. The maximum Gasteiger partial charge on any atom is 0.146 e. The lowest BCUT2D eigenvalue weighted by Gasteiger charge is -2.06. The van der Waals surface area contributed by atoms with Crippen molar-refractivity contribution in [3.8, 4) is 23.3 Å². The Labute approximate surface area is 117 Å². The first-order valence-corrected chi connectivity index (χ1v) is 6.29. The van der Waals surface area contributed by atoms with Crippen LogP contribution < -0.4 is 4.74 Å². The Morgan fingerprint density at radius 1 is 1.05 bits per heavy atom. The van der Waals surface area contributed by atoms with Gasteiger partial charge in [-0.25, -0.2) is 0 Å². The van der Waals surface area contributed by atoms with Crippen LogP contribution in [0, 0.1) is 11.8 Å². The van der Waals surface area contributed by atoms with Crippen LogP contribution in [0.4, 0.5) is 0 Å². The maximum atomic E-state index is 8.64. The minimum absolute atomic E-state index is 0.0840. The lowest BCUT2D eigenvalue weighted by molar-refractivity contribution is 0.305. The fourth-order valence-electron chi connectivity index (χ4n) is 1.48. The molecule has 0 amide bonds. The van der Waals surface area contributed by atoms with Crippen molar-refractivity contribution in [2.75, 3.05) is 6.61 Å². The Balaban J connectivity index is 2.08. The van der Waals surface area contributed by atoms with Crippen molar-refractivity contribution >= 4 is 11.6 Å². The summed E-state index contributed by atoms with van der Waals surface area (Å²) in [4.78, 5) is 0. The van der Waals surface area contributed by atoms with Gasteiger partial charge in [0.05, 0.1) is 11.6 Å². The third-order valence-electron chi connectivity index (χ3n) is 2.39. The van der Waals surface area contributed by atoms with Crippen LogP contribution in [0.3, 0.4) is 0 Å². The third-order valence-corrected chi connectivity index (χ3v) is 2.70. The molecule has 0 aliphatic heterocycles. The molecule has 0 heterocycles. The van der Waals surface area contributed by atoms with Gasteiger partial charge < -0.3 is 9.84 Å². The summed E-state index contributed by atoms with van der Waals surface area (Å²) in [6.45, 7) is 0.0840. The molecule has 0 aliphatic carbocycles. The van der Waals surface area contributed by atoms with Gasteiger partial charge in [0.25, 0.3) is 0 Å². The van der Waals surface area contributed by atoms with Crippen LogP contribution in [0.1, 0.15) is 12.0 Å². The van der Waals surface area contributed by atoms with E-state index in [1.165, 1.54) is 0 Å². The predicted molar refractivity (Wildman–Crippen MR) is 76.5 cm³/mol. The molecule has 0 atom stereocenters. The summed E-state index contributed by atoms with van der Waals surface area (Å²) in [6, 6.07) is 14.7. The summed E-state index contributed by atoms with van der Waals surface area (Å²) < 4.78 is 5.67. The van der Waals surface area contributed by atoms with Gasteiger partial charge in [0.15, 0.2) is 0 Å².